The van der Waals surface area contributed by atoms with Gasteiger partial charge in [0.05, 0.1) is 22.4 Å². The maximum absolute atomic E-state index is 12.6. The van der Waals surface area contributed by atoms with Gasteiger partial charge in [-0.2, -0.15) is 0 Å². The van der Waals surface area contributed by atoms with Crippen LogP contribution in [-0.2, 0) is 16.0 Å². The fourth-order valence-corrected chi connectivity index (χ4v) is 4.11. The highest BCUT2D eigenvalue weighted by Gasteiger charge is 2.16. The van der Waals surface area contributed by atoms with Crippen molar-refractivity contribution in [2.75, 3.05) is 10.6 Å². The van der Waals surface area contributed by atoms with Crippen molar-refractivity contribution >= 4 is 69.8 Å². The number of hydrogen-bond donors (Lipinski definition) is 2. The lowest BCUT2D eigenvalue weighted by atomic mass is 10.1. The normalized spacial score (nSPS) is 11.6. The number of amides is 2. The largest absolute Gasteiger partial charge is 0.326 e. The standard InChI is InChI=1S/C23H19Cl3N2O2S/c1-14(23(30)28-21-12-17(25)9-10-20(21)26)31-19-4-2-3-18(13-19)27-22(29)11-15-5-7-16(24)8-6-15/h2-10,12-14H,11H2,1H3,(H,27,29)(H,28,30). The van der Waals surface area contributed by atoms with Crippen molar-refractivity contribution in [3.05, 3.63) is 87.4 Å². The molecule has 0 saturated heterocycles. The third-order valence-corrected chi connectivity index (χ3v) is 6.17. The quantitative estimate of drug-likeness (QED) is 0.350. The van der Waals surface area contributed by atoms with Crippen molar-refractivity contribution in [2.24, 2.45) is 0 Å². The van der Waals surface area contributed by atoms with Gasteiger partial charge >= 0.3 is 0 Å². The molecule has 1 atom stereocenters. The SMILES string of the molecule is CC(Sc1cccc(NC(=O)Cc2ccc(Cl)cc2)c1)C(=O)Nc1cc(Cl)ccc1Cl. The summed E-state index contributed by atoms with van der Waals surface area (Å²) in [5.74, 6) is -0.336. The molecule has 160 valence electrons. The van der Waals surface area contributed by atoms with Crippen LogP contribution in [-0.4, -0.2) is 17.1 Å². The zero-order chi connectivity index (χ0) is 22.4. The Kier molecular flexibility index (Phi) is 8.27. The Bertz CT molecular complexity index is 1090. The van der Waals surface area contributed by atoms with E-state index >= 15 is 0 Å². The van der Waals surface area contributed by atoms with Gasteiger partial charge in [-0.3, -0.25) is 9.59 Å². The van der Waals surface area contributed by atoms with Crippen LogP contribution in [0.4, 0.5) is 11.4 Å². The van der Waals surface area contributed by atoms with E-state index in [1.807, 2.05) is 30.3 Å². The molecule has 3 aromatic carbocycles. The molecule has 8 heteroatoms. The first-order valence-corrected chi connectivity index (χ1v) is 11.4. The predicted molar refractivity (Wildman–Crippen MR) is 131 cm³/mol. The van der Waals surface area contributed by atoms with E-state index in [2.05, 4.69) is 10.6 Å². The number of anilines is 2. The molecule has 4 nitrogen and oxygen atoms in total. The van der Waals surface area contributed by atoms with Crippen molar-refractivity contribution in [3.8, 4) is 0 Å². The Morgan fingerprint density at radius 2 is 1.61 bits per heavy atom. The van der Waals surface area contributed by atoms with Gasteiger partial charge in [0.2, 0.25) is 11.8 Å². The first-order chi connectivity index (χ1) is 14.8. The van der Waals surface area contributed by atoms with Gasteiger partial charge in [-0.1, -0.05) is 53.0 Å². The number of thioether (sulfide) groups is 1. The van der Waals surface area contributed by atoms with Gasteiger partial charge in [-0.05, 0) is 61.0 Å². The van der Waals surface area contributed by atoms with Crippen LogP contribution in [0.25, 0.3) is 0 Å². The zero-order valence-electron chi connectivity index (χ0n) is 16.5. The third-order valence-electron chi connectivity index (χ3n) is 4.26. The molecule has 2 amide bonds. The number of halogens is 3. The summed E-state index contributed by atoms with van der Waals surface area (Å²) >= 11 is 19.3. The Balaban J connectivity index is 1.59. The van der Waals surface area contributed by atoms with E-state index in [-0.39, 0.29) is 18.2 Å². The van der Waals surface area contributed by atoms with E-state index < -0.39 is 5.25 Å². The second-order valence-electron chi connectivity index (χ2n) is 6.75. The minimum Gasteiger partial charge on any atom is -0.326 e. The molecule has 0 aromatic heterocycles. The van der Waals surface area contributed by atoms with E-state index in [1.165, 1.54) is 11.8 Å². The Hall–Kier alpha value is -2.18. The van der Waals surface area contributed by atoms with E-state index in [4.69, 9.17) is 34.8 Å². The molecule has 1 unspecified atom stereocenters. The van der Waals surface area contributed by atoms with Gasteiger partial charge in [-0.15, -0.1) is 11.8 Å². The molecule has 3 aromatic rings. The smallest absolute Gasteiger partial charge is 0.237 e. The molecule has 0 saturated carbocycles. The number of rotatable bonds is 7. The average Bonchev–Trinajstić information content (AvgIpc) is 2.72. The summed E-state index contributed by atoms with van der Waals surface area (Å²) in [6.45, 7) is 1.80. The maximum atomic E-state index is 12.6. The maximum Gasteiger partial charge on any atom is 0.237 e. The molecule has 0 bridgehead atoms. The topological polar surface area (TPSA) is 58.2 Å². The van der Waals surface area contributed by atoms with Gasteiger partial charge in [0.15, 0.2) is 0 Å². The molecular weight excluding hydrogens is 475 g/mol. The molecule has 31 heavy (non-hydrogen) atoms. The average molecular weight is 494 g/mol. The molecule has 0 aliphatic carbocycles. The highest BCUT2D eigenvalue weighted by molar-refractivity contribution is 8.00. The van der Waals surface area contributed by atoms with Crippen molar-refractivity contribution in [1.29, 1.82) is 0 Å². The van der Waals surface area contributed by atoms with Crippen LogP contribution in [0.2, 0.25) is 15.1 Å². The third kappa shape index (κ3) is 7.18. The Morgan fingerprint density at radius 1 is 0.903 bits per heavy atom. The minimum atomic E-state index is -0.393. The summed E-state index contributed by atoms with van der Waals surface area (Å²) in [5.41, 5.74) is 2.00. The first-order valence-electron chi connectivity index (χ1n) is 9.37. The molecule has 0 aliphatic heterocycles. The lowest BCUT2D eigenvalue weighted by Gasteiger charge is -2.14. The molecule has 3 rings (SSSR count). The highest BCUT2D eigenvalue weighted by Crippen LogP contribution is 2.29. The Morgan fingerprint density at radius 3 is 2.35 bits per heavy atom. The number of benzene rings is 3. The monoisotopic (exact) mass is 492 g/mol. The van der Waals surface area contributed by atoms with E-state index in [9.17, 15) is 9.59 Å². The molecule has 0 aliphatic rings. The van der Waals surface area contributed by atoms with Crippen LogP contribution in [0.1, 0.15) is 12.5 Å². The summed E-state index contributed by atoms with van der Waals surface area (Å²) in [4.78, 5) is 25.7. The lowest BCUT2D eigenvalue weighted by Crippen LogP contribution is -2.22. The predicted octanol–water partition coefficient (Wildman–Crippen LogP) is 6.95. The van der Waals surface area contributed by atoms with Crippen molar-refractivity contribution < 1.29 is 9.59 Å². The van der Waals surface area contributed by atoms with Crippen LogP contribution in [0.3, 0.4) is 0 Å². The second kappa shape index (κ2) is 10.9. The number of carbonyl (C=O) groups is 2. The molecule has 0 spiro atoms. The summed E-state index contributed by atoms with van der Waals surface area (Å²) in [7, 11) is 0. The van der Waals surface area contributed by atoms with Crippen LogP contribution in [0.5, 0.6) is 0 Å². The van der Waals surface area contributed by atoms with Crippen LogP contribution in [0, 0.1) is 0 Å². The summed E-state index contributed by atoms with van der Waals surface area (Å²) in [6, 6.07) is 19.4. The summed E-state index contributed by atoms with van der Waals surface area (Å²) in [6.07, 6.45) is 0.244. The van der Waals surface area contributed by atoms with Gasteiger partial charge in [0.25, 0.3) is 0 Å². The van der Waals surface area contributed by atoms with Crippen LogP contribution >= 0.6 is 46.6 Å². The van der Waals surface area contributed by atoms with E-state index in [1.54, 1.807) is 43.3 Å². The fourth-order valence-electron chi connectivity index (χ4n) is 2.73. The molecular formula is C23H19Cl3N2O2S. The molecule has 2 N–H and O–H groups in total. The molecule has 0 fully saturated rings. The highest BCUT2D eigenvalue weighted by atomic mass is 35.5. The van der Waals surface area contributed by atoms with Gasteiger partial charge in [-0.25, -0.2) is 0 Å². The fraction of sp³-hybridized carbons (Fsp3) is 0.130. The van der Waals surface area contributed by atoms with Crippen molar-refractivity contribution in [2.45, 2.75) is 23.5 Å². The lowest BCUT2D eigenvalue weighted by molar-refractivity contribution is -0.116. The second-order valence-corrected chi connectivity index (χ2v) is 9.45. The first kappa shape index (κ1) is 23.5. The Labute approximate surface area is 200 Å². The van der Waals surface area contributed by atoms with Gasteiger partial charge < -0.3 is 10.6 Å². The van der Waals surface area contributed by atoms with E-state index in [0.29, 0.717) is 26.4 Å². The van der Waals surface area contributed by atoms with Crippen molar-refractivity contribution in [3.63, 3.8) is 0 Å². The van der Waals surface area contributed by atoms with Gasteiger partial charge in [0.1, 0.15) is 0 Å². The van der Waals surface area contributed by atoms with Crippen molar-refractivity contribution in [1.82, 2.24) is 0 Å². The van der Waals surface area contributed by atoms with Crippen LogP contribution < -0.4 is 10.6 Å². The van der Waals surface area contributed by atoms with Gasteiger partial charge in [0, 0.05) is 20.6 Å². The number of nitrogens with one attached hydrogen (secondary N) is 2. The number of carbonyl (C=O) groups excluding carboxylic acids is 2. The summed E-state index contributed by atoms with van der Waals surface area (Å²) in [5, 5.41) is 6.82. The molecule has 0 heterocycles. The summed E-state index contributed by atoms with van der Waals surface area (Å²) < 4.78 is 0. The van der Waals surface area contributed by atoms with E-state index in [0.717, 1.165) is 10.5 Å². The van der Waals surface area contributed by atoms with Crippen LogP contribution in [0.15, 0.2) is 71.6 Å². The number of hydrogen-bond acceptors (Lipinski definition) is 3. The zero-order valence-corrected chi connectivity index (χ0v) is 19.6. The minimum absolute atomic E-state index is 0.133. The molecule has 0 radical (unpaired) electrons.